The molecule has 2 aliphatic rings. The van der Waals surface area contributed by atoms with Gasteiger partial charge in [-0.3, -0.25) is 9.59 Å². The van der Waals surface area contributed by atoms with Crippen LogP contribution in [0.2, 0.25) is 0 Å². The Balaban J connectivity index is 2.06. The molecular weight excluding hydrogens is 250 g/mol. The normalized spacial score (nSPS) is 22.8. The molecule has 0 aromatic heterocycles. The fourth-order valence-corrected chi connectivity index (χ4v) is 2.92. The van der Waals surface area contributed by atoms with E-state index in [4.69, 9.17) is 0 Å². The van der Waals surface area contributed by atoms with E-state index >= 15 is 0 Å². The van der Waals surface area contributed by atoms with Crippen LogP contribution >= 0.6 is 0 Å². The fourth-order valence-electron chi connectivity index (χ4n) is 2.92. The summed E-state index contributed by atoms with van der Waals surface area (Å²) in [5.41, 5.74) is 4.41. The molecule has 1 aliphatic heterocycles. The van der Waals surface area contributed by atoms with Crippen LogP contribution in [0.4, 0.5) is 0 Å². The number of carbonyl (C=O) groups excluding carboxylic acids is 2. The van der Waals surface area contributed by atoms with Crippen LogP contribution in [0.15, 0.2) is 47.6 Å². The van der Waals surface area contributed by atoms with Gasteiger partial charge >= 0.3 is 0 Å². The van der Waals surface area contributed by atoms with Crippen LogP contribution in [0, 0.1) is 6.92 Å². The number of fused-ring (bicyclic) bond motifs is 1. The van der Waals surface area contributed by atoms with Gasteiger partial charge in [0.15, 0.2) is 0 Å². The molecule has 1 aliphatic carbocycles. The first kappa shape index (κ1) is 13.0. The number of aryl methyl sites for hydroxylation is 1. The summed E-state index contributed by atoms with van der Waals surface area (Å²) >= 11 is 0. The van der Waals surface area contributed by atoms with E-state index in [1.165, 1.54) is 23.3 Å². The molecule has 1 atom stereocenters. The lowest BCUT2D eigenvalue weighted by molar-refractivity contribution is -0.131. The van der Waals surface area contributed by atoms with Crippen LogP contribution in [0.1, 0.15) is 23.5 Å². The topological polar surface area (TPSA) is 46.2 Å². The highest BCUT2D eigenvalue weighted by molar-refractivity contribution is 6.46. The second-order valence-electron chi connectivity index (χ2n) is 5.42. The molecule has 0 amide bonds. The molecule has 1 unspecified atom stereocenters. The van der Waals surface area contributed by atoms with Crippen LogP contribution < -0.4 is 5.32 Å². The maximum Gasteiger partial charge on any atom is 0.226 e. The molecule has 1 fully saturated rings. The molecule has 3 rings (SSSR count). The molecule has 1 aromatic carbocycles. The van der Waals surface area contributed by atoms with Crippen molar-refractivity contribution >= 4 is 11.6 Å². The van der Waals surface area contributed by atoms with Gasteiger partial charge < -0.3 is 5.32 Å². The van der Waals surface area contributed by atoms with Crippen molar-refractivity contribution in [1.82, 2.24) is 5.32 Å². The van der Waals surface area contributed by atoms with E-state index in [0.29, 0.717) is 0 Å². The summed E-state index contributed by atoms with van der Waals surface area (Å²) in [5, 5.41) is 3.40. The van der Waals surface area contributed by atoms with Crippen LogP contribution in [-0.2, 0) is 9.59 Å². The van der Waals surface area contributed by atoms with Gasteiger partial charge in [-0.15, -0.1) is 0 Å². The van der Waals surface area contributed by atoms with Crippen LogP contribution in [0.3, 0.4) is 0 Å². The Labute approximate surface area is 118 Å². The standard InChI is InChI=1S/C17H17NO2/c1-11-3-2-4-12(7-11)15-10-18-6-5-13-8-16(19)17(20)9-14(13)15/h2-4,7-9,15,18H,5-6,10H2,1H3. The summed E-state index contributed by atoms with van der Waals surface area (Å²) in [5.74, 6) is -0.655. The summed E-state index contributed by atoms with van der Waals surface area (Å²) in [6, 6.07) is 8.34. The first-order valence-electron chi connectivity index (χ1n) is 6.93. The van der Waals surface area contributed by atoms with Gasteiger partial charge in [0.25, 0.3) is 0 Å². The predicted molar refractivity (Wildman–Crippen MR) is 77.6 cm³/mol. The Morgan fingerprint density at radius 3 is 2.75 bits per heavy atom. The molecule has 3 heteroatoms. The van der Waals surface area contributed by atoms with Gasteiger partial charge in [-0.25, -0.2) is 0 Å². The molecule has 102 valence electrons. The average Bonchev–Trinajstić information content (AvgIpc) is 2.62. The van der Waals surface area contributed by atoms with E-state index in [2.05, 4.69) is 30.4 Å². The number of ketones is 2. The molecule has 0 spiro atoms. The number of allylic oxidation sites excluding steroid dienone is 2. The van der Waals surface area contributed by atoms with Crippen molar-refractivity contribution in [3.05, 3.63) is 58.7 Å². The summed E-state index contributed by atoms with van der Waals surface area (Å²) in [4.78, 5) is 23.3. The summed E-state index contributed by atoms with van der Waals surface area (Å²) in [6.07, 6.45) is 3.86. The highest BCUT2D eigenvalue weighted by Crippen LogP contribution is 2.34. The third-order valence-electron chi connectivity index (χ3n) is 3.95. The minimum atomic E-state index is -0.400. The van der Waals surface area contributed by atoms with Gasteiger partial charge in [-0.05, 0) is 48.8 Å². The number of nitrogens with one attached hydrogen (secondary N) is 1. The van der Waals surface area contributed by atoms with Crippen molar-refractivity contribution < 1.29 is 9.59 Å². The van der Waals surface area contributed by atoms with E-state index in [1.54, 1.807) is 0 Å². The molecule has 1 N–H and O–H groups in total. The van der Waals surface area contributed by atoms with E-state index in [0.717, 1.165) is 30.7 Å². The SMILES string of the molecule is Cc1cccc(C2CNCCC3=CC(=O)C(=O)C=C32)c1. The van der Waals surface area contributed by atoms with Gasteiger partial charge in [0.1, 0.15) is 0 Å². The van der Waals surface area contributed by atoms with Gasteiger partial charge in [0.05, 0.1) is 0 Å². The maximum absolute atomic E-state index is 11.7. The zero-order valence-corrected chi connectivity index (χ0v) is 11.5. The van der Waals surface area contributed by atoms with E-state index < -0.39 is 11.6 Å². The first-order chi connectivity index (χ1) is 9.65. The summed E-state index contributed by atoms with van der Waals surface area (Å²) < 4.78 is 0. The van der Waals surface area contributed by atoms with Gasteiger partial charge in [0, 0.05) is 12.5 Å². The van der Waals surface area contributed by atoms with Gasteiger partial charge in [-0.1, -0.05) is 29.8 Å². The zero-order valence-electron chi connectivity index (χ0n) is 11.5. The number of hydrogen-bond acceptors (Lipinski definition) is 3. The molecule has 0 saturated carbocycles. The van der Waals surface area contributed by atoms with Crippen molar-refractivity contribution in [2.75, 3.05) is 13.1 Å². The minimum Gasteiger partial charge on any atom is -0.315 e. The van der Waals surface area contributed by atoms with Gasteiger partial charge in [0.2, 0.25) is 11.6 Å². The molecule has 1 saturated heterocycles. The molecule has 1 aromatic rings. The molecule has 3 nitrogen and oxygen atoms in total. The van der Waals surface area contributed by atoms with E-state index in [-0.39, 0.29) is 5.92 Å². The van der Waals surface area contributed by atoms with Crippen molar-refractivity contribution in [2.24, 2.45) is 0 Å². The fraction of sp³-hybridized carbons (Fsp3) is 0.294. The van der Waals surface area contributed by atoms with Crippen molar-refractivity contribution in [2.45, 2.75) is 19.3 Å². The molecule has 0 radical (unpaired) electrons. The Kier molecular flexibility index (Phi) is 3.36. The quantitative estimate of drug-likeness (QED) is 0.626. The predicted octanol–water partition coefficient (Wildman–Crippen LogP) is 2.08. The monoisotopic (exact) mass is 267 g/mol. The smallest absolute Gasteiger partial charge is 0.226 e. The second-order valence-corrected chi connectivity index (χ2v) is 5.42. The Morgan fingerprint density at radius 1 is 1.15 bits per heavy atom. The molecule has 0 bridgehead atoms. The summed E-state index contributed by atoms with van der Waals surface area (Å²) in [6.45, 7) is 3.70. The number of hydrogen-bond donors (Lipinski definition) is 1. The third kappa shape index (κ3) is 2.37. The summed E-state index contributed by atoms with van der Waals surface area (Å²) in [7, 11) is 0. The highest BCUT2D eigenvalue weighted by atomic mass is 16.2. The zero-order chi connectivity index (χ0) is 14.1. The van der Waals surface area contributed by atoms with Crippen molar-refractivity contribution in [3.63, 3.8) is 0 Å². The lowest BCUT2D eigenvalue weighted by Crippen LogP contribution is -2.22. The largest absolute Gasteiger partial charge is 0.315 e. The lowest BCUT2D eigenvalue weighted by atomic mass is 9.82. The molecular formula is C17H17NO2. The van der Waals surface area contributed by atoms with Crippen LogP contribution in [0.25, 0.3) is 0 Å². The maximum atomic E-state index is 11.7. The molecule has 20 heavy (non-hydrogen) atoms. The van der Waals surface area contributed by atoms with Crippen LogP contribution in [-0.4, -0.2) is 24.7 Å². The van der Waals surface area contributed by atoms with Crippen LogP contribution in [0.5, 0.6) is 0 Å². The average molecular weight is 267 g/mol. The third-order valence-corrected chi connectivity index (χ3v) is 3.95. The van der Waals surface area contributed by atoms with Crippen molar-refractivity contribution in [3.8, 4) is 0 Å². The number of carbonyl (C=O) groups is 2. The Hall–Kier alpha value is -2.00. The molecule has 1 heterocycles. The lowest BCUT2D eigenvalue weighted by Gasteiger charge is -2.22. The first-order valence-corrected chi connectivity index (χ1v) is 6.93. The van der Waals surface area contributed by atoms with E-state index in [1.807, 2.05) is 6.07 Å². The van der Waals surface area contributed by atoms with E-state index in [9.17, 15) is 9.59 Å². The highest BCUT2D eigenvalue weighted by Gasteiger charge is 2.28. The Morgan fingerprint density at radius 2 is 1.95 bits per heavy atom. The minimum absolute atomic E-state index is 0.140. The second kappa shape index (κ2) is 5.17. The number of rotatable bonds is 1. The van der Waals surface area contributed by atoms with Gasteiger partial charge in [-0.2, -0.15) is 0 Å². The Bertz CT molecular complexity index is 640. The van der Waals surface area contributed by atoms with Crippen molar-refractivity contribution in [1.29, 1.82) is 0 Å². The number of benzene rings is 1.